The predicted molar refractivity (Wildman–Crippen MR) is 83.9 cm³/mol. The molecule has 0 saturated carbocycles. The van der Waals surface area contributed by atoms with E-state index < -0.39 is 34.6 Å². The number of halogens is 8. The van der Waals surface area contributed by atoms with Crippen LogP contribution in [0.3, 0.4) is 0 Å². The fraction of sp³-hybridized carbons (Fsp3) is 0.294. The van der Waals surface area contributed by atoms with Gasteiger partial charge >= 0.3 is 18.0 Å². The molecule has 1 aliphatic carbocycles. The summed E-state index contributed by atoms with van der Waals surface area (Å²) in [6.45, 7) is 1.24. The zero-order valence-electron chi connectivity index (χ0n) is 13.0. The average molecular weight is 441 g/mol. The lowest BCUT2D eigenvalue weighted by atomic mass is 9.63. The minimum Gasteiger partial charge on any atom is -0.222 e. The number of allylic oxidation sites excluding steroid dienone is 4. The first-order valence-corrected chi connectivity index (χ1v) is 7.84. The van der Waals surface area contributed by atoms with Gasteiger partial charge in [0, 0.05) is 10.9 Å². The van der Waals surface area contributed by atoms with Gasteiger partial charge in [-0.3, -0.25) is 0 Å². The largest absolute Gasteiger partial charge is 0.433 e. The van der Waals surface area contributed by atoms with Crippen molar-refractivity contribution in [1.29, 1.82) is 5.26 Å². The first kappa shape index (κ1) is 20.5. The van der Waals surface area contributed by atoms with Crippen LogP contribution in [0.5, 0.6) is 0 Å². The number of alkyl halides is 7. The predicted octanol–water partition coefficient (Wildman–Crippen LogP) is 6.07. The van der Waals surface area contributed by atoms with Crippen LogP contribution in [0.25, 0.3) is 0 Å². The number of benzene rings is 1. The highest BCUT2D eigenvalue weighted by Crippen LogP contribution is 2.60. The van der Waals surface area contributed by atoms with Gasteiger partial charge in [0.15, 0.2) is 0 Å². The normalized spacial score (nSPS) is 21.7. The molecule has 0 bridgehead atoms. The van der Waals surface area contributed by atoms with Gasteiger partial charge in [0.25, 0.3) is 0 Å². The van der Waals surface area contributed by atoms with E-state index in [1.807, 2.05) is 0 Å². The van der Waals surface area contributed by atoms with Crippen molar-refractivity contribution in [2.24, 2.45) is 0 Å². The zero-order chi connectivity index (χ0) is 20.0. The minimum atomic E-state index is -6.30. The van der Waals surface area contributed by atoms with Crippen LogP contribution in [-0.2, 0) is 5.41 Å². The van der Waals surface area contributed by atoms with E-state index in [-0.39, 0.29) is 10.1 Å². The van der Waals surface area contributed by atoms with Gasteiger partial charge in [-0.2, -0.15) is 31.6 Å². The molecular weight excluding hydrogens is 431 g/mol. The molecule has 26 heavy (non-hydrogen) atoms. The number of hydrogen-bond donors (Lipinski definition) is 0. The van der Waals surface area contributed by atoms with Crippen LogP contribution in [0.4, 0.5) is 30.7 Å². The van der Waals surface area contributed by atoms with E-state index in [1.165, 1.54) is 25.5 Å². The molecule has 0 N–H and O–H groups in total. The van der Waals surface area contributed by atoms with Gasteiger partial charge in [-0.25, -0.2) is 4.39 Å². The van der Waals surface area contributed by atoms with E-state index in [9.17, 15) is 31.6 Å². The maximum Gasteiger partial charge on any atom is 0.433 e. The summed E-state index contributed by atoms with van der Waals surface area (Å²) in [4.78, 5) is 0. The Morgan fingerprint density at radius 1 is 0.962 bits per heavy atom. The Labute approximate surface area is 152 Å². The molecule has 139 valence electrons. The molecule has 0 spiro atoms. The molecule has 2 rings (SSSR count). The van der Waals surface area contributed by atoms with Crippen molar-refractivity contribution in [2.75, 3.05) is 0 Å². The smallest absolute Gasteiger partial charge is 0.222 e. The molecule has 1 aromatic carbocycles. The summed E-state index contributed by atoms with van der Waals surface area (Å²) < 4.78 is 96.3. The molecule has 0 amide bonds. The quantitative estimate of drug-likeness (QED) is 0.511. The summed E-state index contributed by atoms with van der Waals surface area (Å²) in [6.07, 6.45) is -10.3. The van der Waals surface area contributed by atoms with Crippen molar-refractivity contribution in [3.05, 3.63) is 64.0 Å². The van der Waals surface area contributed by atoms with E-state index in [0.717, 1.165) is 18.2 Å². The minimum absolute atomic E-state index is 0.0253. The van der Waals surface area contributed by atoms with Gasteiger partial charge in [0.05, 0.1) is 17.0 Å². The molecule has 9 heteroatoms. The molecule has 0 saturated heterocycles. The lowest BCUT2D eigenvalue weighted by molar-refractivity contribution is -0.354. The van der Waals surface area contributed by atoms with Gasteiger partial charge in [0.2, 0.25) is 0 Å². The second kappa shape index (κ2) is 6.41. The third-order valence-corrected chi connectivity index (χ3v) is 4.49. The Kier molecular flexibility index (Phi) is 5.05. The number of nitriles is 1. The Morgan fingerprint density at radius 2 is 1.50 bits per heavy atom. The lowest BCUT2D eigenvalue weighted by Crippen LogP contribution is -2.65. The molecule has 1 atom stereocenters. The second-order valence-corrected chi connectivity index (χ2v) is 6.66. The fourth-order valence-corrected chi connectivity index (χ4v) is 3.75. The van der Waals surface area contributed by atoms with Gasteiger partial charge < -0.3 is 0 Å². The lowest BCUT2D eigenvalue weighted by Gasteiger charge is -2.45. The summed E-state index contributed by atoms with van der Waals surface area (Å²) in [5.74, 6) is 0. The van der Waals surface area contributed by atoms with Crippen LogP contribution in [0, 0.1) is 17.8 Å². The monoisotopic (exact) mass is 440 g/mol. The fourth-order valence-electron chi connectivity index (χ4n) is 3.03. The molecule has 0 aliphatic heterocycles. The Balaban J connectivity index is 3.05. The van der Waals surface area contributed by atoms with Crippen molar-refractivity contribution in [3.63, 3.8) is 0 Å². The van der Waals surface area contributed by atoms with E-state index in [0.29, 0.717) is 12.2 Å². The van der Waals surface area contributed by atoms with E-state index in [4.69, 9.17) is 0 Å². The highest BCUT2D eigenvalue weighted by Gasteiger charge is 2.81. The van der Waals surface area contributed by atoms with Crippen LogP contribution < -0.4 is 0 Å². The standard InChI is InChI=1S/C17H10BrF7N/c1-10-6-12(18)8-14(7-10,13-5-3-2-4-11(13)9-26)15(19,16(20,21)22)17(23,24)25/h2-8H,1H3. The first-order valence-electron chi connectivity index (χ1n) is 7.04. The average Bonchev–Trinajstić information content (AvgIpc) is 2.50. The van der Waals surface area contributed by atoms with Crippen LogP contribution in [-0.4, -0.2) is 18.0 Å². The van der Waals surface area contributed by atoms with Gasteiger partial charge in [-0.05, 0) is 18.6 Å². The topological polar surface area (TPSA) is 23.8 Å². The molecule has 1 aliphatic rings. The first-order chi connectivity index (χ1) is 11.8. The molecular formula is C17H10BrF7N. The van der Waals surface area contributed by atoms with Crippen molar-refractivity contribution in [3.8, 4) is 6.07 Å². The van der Waals surface area contributed by atoms with Crippen LogP contribution in [0.1, 0.15) is 18.1 Å². The van der Waals surface area contributed by atoms with Gasteiger partial charge in [-0.1, -0.05) is 51.9 Å². The maximum absolute atomic E-state index is 15.2. The molecule has 0 aromatic heterocycles. The summed E-state index contributed by atoms with van der Waals surface area (Å²) >= 11 is 2.85. The number of hydrogen-bond acceptors (Lipinski definition) is 1. The summed E-state index contributed by atoms with van der Waals surface area (Å²) in [5, 5.41) is 9.17. The highest BCUT2D eigenvalue weighted by molar-refractivity contribution is 9.11. The summed E-state index contributed by atoms with van der Waals surface area (Å²) in [7, 11) is 0. The van der Waals surface area contributed by atoms with E-state index in [1.54, 1.807) is 0 Å². The molecule has 1 nitrogen and oxygen atoms in total. The van der Waals surface area contributed by atoms with Crippen LogP contribution in [0.2, 0.25) is 0 Å². The van der Waals surface area contributed by atoms with E-state index in [2.05, 4.69) is 15.9 Å². The van der Waals surface area contributed by atoms with Crippen molar-refractivity contribution in [1.82, 2.24) is 0 Å². The Hall–Kier alpha value is -1.82. The second-order valence-electron chi connectivity index (χ2n) is 5.74. The molecule has 0 fully saturated rings. The van der Waals surface area contributed by atoms with Gasteiger partial charge in [0.1, 0.15) is 0 Å². The highest BCUT2D eigenvalue weighted by atomic mass is 79.9. The van der Waals surface area contributed by atoms with Crippen molar-refractivity contribution >= 4 is 15.9 Å². The third-order valence-electron chi connectivity index (χ3n) is 4.03. The Morgan fingerprint density at radius 3 is 1.96 bits per heavy atom. The van der Waals surface area contributed by atoms with Gasteiger partial charge in [-0.15, -0.1) is 0 Å². The summed E-state index contributed by atoms with van der Waals surface area (Å²) in [6, 6.07) is 5.87. The number of rotatable bonds is 2. The molecule has 1 unspecified atom stereocenters. The van der Waals surface area contributed by atoms with Crippen LogP contribution in [0.15, 0.2) is 46.5 Å². The summed E-state index contributed by atoms with van der Waals surface area (Å²) in [5.41, 5.74) is -10.2. The molecule has 1 radical (unpaired) electrons. The third kappa shape index (κ3) is 2.94. The SMILES string of the molecule is CC1=CC(c2ccccc2C#N)(C(F)(C(F)(F)F)C(F)(F)F)C=C(Br)[CH]1. The van der Waals surface area contributed by atoms with Crippen LogP contribution >= 0.6 is 15.9 Å². The molecule has 0 heterocycles. The zero-order valence-corrected chi connectivity index (χ0v) is 14.6. The number of nitrogens with zero attached hydrogens (tertiary/aromatic N) is 1. The molecule has 1 aromatic rings. The van der Waals surface area contributed by atoms with Crippen molar-refractivity contribution in [2.45, 2.75) is 30.4 Å². The van der Waals surface area contributed by atoms with E-state index >= 15 is 4.39 Å². The Bertz CT molecular complexity index is 780. The maximum atomic E-state index is 15.2. The van der Waals surface area contributed by atoms with Crippen molar-refractivity contribution < 1.29 is 30.7 Å².